The maximum Gasteiger partial charge on any atom is 0.337 e. The molecule has 0 spiro atoms. The number of esters is 10. The largest absolute Gasteiger partial charge is 0.469 e. The van der Waals surface area contributed by atoms with Crippen molar-refractivity contribution in [3.05, 3.63) is 96.7 Å². The summed E-state index contributed by atoms with van der Waals surface area (Å²) in [6.07, 6.45) is 16.4. The Balaban J connectivity index is -0.000000270. The van der Waals surface area contributed by atoms with Crippen LogP contribution in [0.4, 0.5) is 0 Å². The third kappa shape index (κ3) is 27.4. The summed E-state index contributed by atoms with van der Waals surface area (Å²) in [5.74, 6) is -3.68. The van der Waals surface area contributed by atoms with E-state index in [-0.39, 0.29) is 72.8 Å². The van der Waals surface area contributed by atoms with Crippen LogP contribution in [0.2, 0.25) is 0 Å². The molecule has 20 nitrogen and oxygen atoms in total. The van der Waals surface area contributed by atoms with E-state index in [1.807, 2.05) is 0 Å². The average Bonchev–Trinajstić information content (AvgIpc) is 3.50. The summed E-state index contributed by atoms with van der Waals surface area (Å²) in [5, 5.41) is 0. The Kier molecular flexibility index (Phi) is 34.1. The van der Waals surface area contributed by atoms with Crippen molar-refractivity contribution in [3.8, 4) is 0 Å². The van der Waals surface area contributed by atoms with Crippen LogP contribution in [0.3, 0.4) is 0 Å². The molecule has 71 heavy (non-hydrogen) atoms. The Bertz CT molecular complexity index is 1890. The lowest BCUT2D eigenvalue weighted by Crippen LogP contribution is -2.27. The number of benzene rings is 1. The first kappa shape index (κ1) is 59.7. The number of ether oxygens (including phenoxy) is 10. The van der Waals surface area contributed by atoms with E-state index >= 15 is 0 Å². The smallest absolute Gasteiger partial charge is 0.337 e. The zero-order valence-corrected chi connectivity index (χ0v) is 42.4. The maximum absolute atomic E-state index is 11.2. The van der Waals surface area contributed by atoms with Gasteiger partial charge in [-0.1, -0.05) is 37.8 Å². The van der Waals surface area contributed by atoms with E-state index in [0.717, 1.165) is 25.7 Å². The van der Waals surface area contributed by atoms with Crippen LogP contribution in [0.25, 0.3) is 0 Å². The van der Waals surface area contributed by atoms with Crippen molar-refractivity contribution in [2.75, 3.05) is 71.1 Å². The number of carbonyl (C=O) groups excluding carboxylic acids is 10. The number of rotatable bonds is 11. The van der Waals surface area contributed by atoms with Crippen LogP contribution < -0.4 is 0 Å². The van der Waals surface area contributed by atoms with Crippen molar-refractivity contribution in [1.82, 2.24) is 0 Å². The van der Waals surface area contributed by atoms with E-state index in [1.165, 1.54) is 120 Å². The van der Waals surface area contributed by atoms with Crippen molar-refractivity contribution >= 4 is 59.7 Å². The van der Waals surface area contributed by atoms with Gasteiger partial charge in [0.1, 0.15) is 0 Å². The molecule has 3 aliphatic rings. The Labute approximate surface area is 425 Å². The Hall–Kier alpha value is -7.38. The lowest BCUT2D eigenvalue weighted by molar-refractivity contribution is -0.151. The summed E-state index contributed by atoms with van der Waals surface area (Å²) in [5.41, 5.74) is 1.47. The Morgan fingerprint density at radius 2 is 0.859 bits per heavy atom. The molecule has 0 bridgehead atoms. The molecule has 0 radical (unpaired) electrons. The molecule has 0 aromatic heterocycles. The van der Waals surface area contributed by atoms with Crippen molar-refractivity contribution in [2.24, 2.45) is 29.6 Å². The minimum absolute atomic E-state index is 0.0269. The molecule has 0 aliphatic heterocycles. The molecule has 400 valence electrons. The highest BCUT2D eigenvalue weighted by Crippen LogP contribution is 2.30. The van der Waals surface area contributed by atoms with Gasteiger partial charge in [0.15, 0.2) is 0 Å². The van der Waals surface area contributed by atoms with E-state index in [4.69, 9.17) is 8.68 Å². The van der Waals surface area contributed by atoms with Gasteiger partial charge in [-0.05, 0) is 82.1 Å². The van der Waals surface area contributed by atoms with Crippen LogP contribution >= 0.6 is 0 Å². The van der Waals surface area contributed by atoms with Gasteiger partial charge in [0.2, 0.25) is 0 Å². The summed E-state index contributed by atoms with van der Waals surface area (Å²) < 4.78 is 77.1. The first-order valence-corrected chi connectivity index (χ1v) is 21.6. The molecule has 1 fully saturated rings. The monoisotopic (exact) mass is 1020 g/mol. The van der Waals surface area contributed by atoms with Gasteiger partial charge in [0.25, 0.3) is 0 Å². The molecule has 1 saturated carbocycles. The molecule has 4 rings (SSSR count). The van der Waals surface area contributed by atoms with Crippen LogP contribution in [-0.2, 0) is 85.7 Å². The number of hydrogen-bond donors (Lipinski definition) is 0. The Morgan fingerprint density at radius 1 is 0.535 bits per heavy atom. The molecule has 3 unspecified atom stereocenters. The van der Waals surface area contributed by atoms with Crippen molar-refractivity contribution in [2.45, 2.75) is 65.2 Å². The predicted molar refractivity (Wildman–Crippen MR) is 262 cm³/mol. The quantitative estimate of drug-likeness (QED) is 0.0729. The van der Waals surface area contributed by atoms with E-state index in [2.05, 4.69) is 60.5 Å². The number of allylic oxidation sites excluding steroid dienone is 3. The van der Waals surface area contributed by atoms with Gasteiger partial charge in [-0.25, -0.2) is 24.0 Å². The summed E-state index contributed by atoms with van der Waals surface area (Å²) >= 11 is 0. The minimum Gasteiger partial charge on any atom is -0.469 e. The van der Waals surface area contributed by atoms with Gasteiger partial charge in [-0.15, -0.1) is 13.2 Å². The third-order valence-electron chi connectivity index (χ3n) is 10.3. The lowest BCUT2D eigenvalue weighted by atomic mass is 9.82. The van der Waals surface area contributed by atoms with Crippen LogP contribution in [-0.4, -0.2) is 131 Å². The standard InChI is InChI=1S/C10H16O4.2C10H14O4.C10H10O4.C8H10O4.C2H4.CH4.2H2/c4*1-13-9(11)7-3-5-8(6-4-7)10(12)14-2;1-11-7(9)5-3-4-6-8(10)12-2;1-2;;;/h7-8H,3-6H2,1-2H3;3,8H,4-6H2,1-2H3;3,5,7-8H,4,6H2,1-2H3;3-6H,1-2H3;3-6H,1-2H3;1-2H2;1H4;2*1H/b;;;;5-3+,6-4+;;;;/i;;;;;;1TD;2*1+2D. The summed E-state index contributed by atoms with van der Waals surface area (Å²) in [6, 6.07) is 6.05. The molecule has 1 aromatic carbocycles. The fourth-order valence-electron chi connectivity index (χ4n) is 6.33. The molecule has 1 aromatic rings. The molecule has 3 atom stereocenters. The maximum atomic E-state index is 11.2. The predicted octanol–water partition coefficient (Wildman–Crippen LogP) is 6.75. The Morgan fingerprint density at radius 3 is 1.11 bits per heavy atom. The number of carbonyl (C=O) groups is 10. The molecule has 0 saturated heterocycles. The highest BCUT2D eigenvalue weighted by Gasteiger charge is 2.31. The minimum atomic E-state index is -0.468. The van der Waals surface area contributed by atoms with E-state index < -0.39 is 23.9 Å². The van der Waals surface area contributed by atoms with Gasteiger partial charge in [-0.2, -0.15) is 0 Å². The van der Waals surface area contributed by atoms with E-state index in [0.29, 0.717) is 48.8 Å². The molecule has 0 heterocycles. The first-order valence-electron chi connectivity index (χ1n) is 25.0. The molecule has 0 N–H and O–H groups in total. The van der Waals surface area contributed by atoms with Crippen molar-refractivity contribution < 1.29 is 104 Å². The molecular formula is C51H76O20. The second kappa shape index (κ2) is 40.5. The van der Waals surface area contributed by atoms with Gasteiger partial charge >= 0.3 is 59.7 Å². The molecule has 0 amide bonds. The number of hydrogen-bond acceptors (Lipinski definition) is 20. The van der Waals surface area contributed by atoms with Crippen LogP contribution in [0.15, 0.2) is 85.5 Å². The van der Waals surface area contributed by atoms with Crippen molar-refractivity contribution in [1.29, 1.82) is 0 Å². The topological polar surface area (TPSA) is 263 Å². The highest BCUT2D eigenvalue weighted by atomic mass is 16.6. The lowest BCUT2D eigenvalue weighted by Gasteiger charge is -2.24. The van der Waals surface area contributed by atoms with Gasteiger partial charge < -0.3 is 47.4 Å². The summed E-state index contributed by atoms with van der Waals surface area (Å²) in [4.78, 5) is 110. The summed E-state index contributed by atoms with van der Waals surface area (Å²) in [7, 11) is 13.2. The van der Waals surface area contributed by atoms with E-state index in [9.17, 15) is 47.9 Å². The molecular weight excluding hydrogens is 933 g/mol. The zero-order chi connectivity index (χ0) is 60.3. The second-order valence-electron chi connectivity index (χ2n) is 14.4. The first-order chi connectivity index (χ1) is 36.9. The second-order valence-corrected chi connectivity index (χ2v) is 14.4. The van der Waals surface area contributed by atoms with Crippen LogP contribution in [0.5, 0.6) is 0 Å². The summed E-state index contributed by atoms with van der Waals surface area (Å²) in [6.45, 7) is 6.00. The molecule has 20 heteroatoms. The van der Waals surface area contributed by atoms with E-state index in [1.54, 1.807) is 18.2 Å². The van der Waals surface area contributed by atoms with Crippen LogP contribution in [0, 0.1) is 29.6 Å². The van der Waals surface area contributed by atoms with Gasteiger partial charge in [0, 0.05) is 26.4 Å². The van der Waals surface area contributed by atoms with Gasteiger partial charge in [-0.3, -0.25) is 24.0 Å². The fraction of sp³-hybridized carbons (Fsp3) is 0.490. The zero-order valence-electron chi connectivity index (χ0n) is 48.4. The van der Waals surface area contributed by atoms with Crippen molar-refractivity contribution in [3.63, 3.8) is 0 Å². The molecule has 3 aliphatic carbocycles. The number of methoxy groups -OCH3 is 10. The normalized spacial score (nSPS) is 18.6. The highest BCUT2D eigenvalue weighted by molar-refractivity contribution is 5.93. The fourth-order valence-corrected chi connectivity index (χ4v) is 6.33. The third-order valence-corrected chi connectivity index (χ3v) is 10.3. The van der Waals surface area contributed by atoms with Gasteiger partial charge in [0.05, 0.1) is 112 Å². The van der Waals surface area contributed by atoms with Crippen LogP contribution in [0.1, 0.15) is 94.6 Å². The average molecular weight is 1020 g/mol. The SMILES string of the molecule is C=C.COC(=O)/C=C/C=C/C(=O)OC.COC(=O)C1=CCC(C(=O)OC)CC1.COC(=O)C1C=CC(C(=O)OC)CC1.COC(=O)C1CCC(C(=O)OC)CC1.COC(=O)c1ccc(C(=O)OC)cc1.[2H]C[3H].[2H][3H].[2H][3H].